The molecule has 25 heavy (non-hydrogen) atoms. The van der Waals surface area contributed by atoms with Crippen LogP contribution in [0.4, 0.5) is 0 Å². The average Bonchev–Trinajstić information content (AvgIpc) is 3.09. The second-order valence-corrected chi connectivity index (χ2v) is 7.32. The first-order valence-corrected chi connectivity index (χ1v) is 9.13. The maximum atomic E-state index is 12.8. The summed E-state index contributed by atoms with van der Waals surface area (Å²) in [5.41, 5.74) is 0.695. The Morgan fingerprint density at radius 3 is 2.80 bits per heavy atom. The van der Waals surface area contributed by atoms with Crippen molar-refractivity contribution in [2.24, 2.45) is 0 Å². The van der Waals surface area contributed by atoms with Crippen LogP contribution in [-0.2, 0) is 6.54 Å². The first-order chi connectivity index (χ1) is 12.0. The van der Waals surface area contributed by atoms with Crippen molar-refractivity contribution in [2.45, 2.75) is 25.3 Å². The Morgan fingerprint density at radius 2 is 2.08 bits per heavy atom. The lowest BCUT2D eigenvalue weighted by atomic mass is 9.96. The third-order valence-corrected chi connectivity index (χ3v) is 4.95. The third-order valence-electron chi connectivity index (χ3n) is 4.70. The zero-order chi connectivity index (χ0) is 17.8. The predicted molar refractivity (Wildman–Crippen MR) is 100 cm³/mol. The van der Waals surface area contributed by atoms with E-state index in [0.29, 0.717) is 16.5 Å². The number of hydrogen-bond donors (Lipinski definition) is 0. The zero-order valence-electron chi connectivity index (χ0n) is 14.9. The van der Waals surface area contributed by atoms with Crippen molar-refractivity contribution in [3.8, 4) is 0 Å². The van der Waals surface area contributed by atoms with Crippen molar-refractivity contribution < 1.29 is 4.79 Å². The summed E-state index contributed by atoms with van der Waals surface area (Å²) < 4.78 is 2.22. The third kappa shape index (κ3) is 4.41. The van der Waals surface area contributed by atoms with Crippen LogP contribution in [0.3, 0.4) is 0 Å². The maximum Gasteiger partial charge on any atom is 0.253 e. The van der Waals surface area contributed by atoms with Crippen LogP contribution < -0.4 is 0 Å². The van der Waals surface area contributed by atoms with Gasteiger partial charge in [-0.05, 0) is 51.2 Å². The molecule has 1 aliphatic heterocycles. The fourth-order valence-corrected chi connectivity index (χ4v) is 3.45. The van der Waals surface area contributed by atoms with Gasteiger partial charge in [-0.25, -0.2) is 4.98 Å². The lowest BCUT2D eigenvalue weighted by Crippen LogP contribution is -2.39. The SMILES string of the molecule is CN(C)CCn1ccnc1C1CCCN(C(=O)c2ccc(Cl)cc2)C1. The number of likely N-dealkylation sites (tertiary alicyclic amines) is 1. The molecular formula is C19H25ClN4O. The van der Waals surface area contributed by atoms with Gasteiger partial charge in [0.1, 0.15) is 5.82 Å². The Hall–Kier alpha value is -1.85. The second kappa shape index (κ2) is 8.02. The first kappa shape index (κ1) is 18.0. The molecule has 1 saturated heterocycles. The van der Waals surface area contributed by atoms with E-state index in [-0.39, 0.29) is 5.91 Å². The number of piperidine rings is 1. The van der Waals surface area contributed by atoms with Crippen LogP contribution in [0.1, 0.15) is 34.9 Å². The summed E-state index contributed by atoms with van der Waals surface area (Å²) in [6, 6.07) is 7.13. The zero-order valence-corrected chi connectivity index (χ0v) is 15.6. The summed E-state index contributed by atoms with van der Waals surface area (Å²) in [6.07, 6.45) is 5.98. The molecule has 0 saturated carbocycles. The molecule has 2 heterocycles. The van der Waals surface area contributed by atoms with Gasteiger partial charge < -0.3 is 14.4 Å². The van der Waals surface area contributed by atoms with Crippen molar-refractivity contribution in [1.82, 2.24) is 19.4 Å². The number of hydrogen-bond acceptors (Lipinski definition) is 3. The Morgan fingerprint density at radius 1 is 1.32 bits per heavy atom. The number of rotatable bonds is 5. The summed E-state index contributed by atoms with van der Waals surface area (Å²) in [5.74, 6) is 1.46. The van der Waals surface area contributed by atoms with Crippen LogP contribution in [0.15, 0.2) is 36.7 Å². The molecule has 1 aromatic heterocycles. The van der Waals surface area contributed by atoms with Crippen LogP contribution in [0.25, 0.3) is 0 Å². The van der Waals surface area contributed by atoms with E-state index in [1.165, 1.54) is 0 Å². The van der Waals surface area contributed by atoms with E-state index in [0.717, 1.165) is 44.8 Å². The highest BCUT2D eigenvalue weighted by atomic mass is 35.5. The van der Waals surface area contributed by atoms with Crippen molar-refractivity contribution >= 4 is 17.5 Å². The maximum absolute atomic E-state index is 12.8. The van der Waals surface area contributed by atoms with Crippen molar-refractivity contribution in [2.75, 3.05) is 33.7 Å². The summed E-state index contributed by atoms with van der Waals surface area (Å²) >= 11 is 5.92. The molecule has 3 rings (SSSR count). The van der Waals surface area contributed by atoms with Gasteiger partial charge in [0.2, 0.25) is 0 Å². The number of imidazole rings is 1. The minimum atomic E-state index is 0.0766. The smallest absolute Gasteiger partial charge is 0.253 e. The van der Waals surface area contributed by atoms with Gasteiger partial charge in [0.05, 0.1) is 0 Å². The number of nitrogens with zero attached hydrogens (tertiary/aromatic N) is 4. The van der Waals surface area contributed by atoms with Gasteiger partial charge in [-0.2, -0.15) is 0 Å². The molecule has 1 amide bonds. The number of amides is 1. The molecule has 2 aromatic rings. The molecule has 0 aliphatic carbocycles. The molecular weight excluding hydrogens is 336 g/mol. The normalized spacial score (nSPS) is 17.9. The number of carbonyl (C=O) groups excluding carboxylic acids is 1. The first-order valence-electron chi connectivity index (χ1n) is 8.75. The van der Waals surface area contributed by atoms with Crippen LogP contribution in [-0.4, -0.2) is 59.0 Å². The highest BCUT2D eigenvalue weighted by molar-refractivity contribution is 6.30. The fourth-order valence-electron chi connectivity index (χ4n) is 3.32. The van der Waals surface area contributed by atoms with Gasteiger partial charge in [-0.3, -0.25) is 4.79 Å². The molecule has 134 valence electrons. The number of aromatic nitrogens is 2. The van der Waals surface area contributed by atoms with Crippen LogP contribution >= 0.6 is 11.6 Å². The van der Waals surface area contributed by atoms with E-state index < -0.39 is 0 Å². The van der Waals surface area contributed by atoms with Gasteiger partial charge in [0.15, 0.2) is 0 Å². The van der Waals surface area contributed by atoms with Crippen LogP contribution in [0.2, 0.25) is 5.02 Å². The largest absolute Gasteiger partial charge is 0.338 e. The minimum absolute atomic E-state index is 0.0766. The van der Waals surface area contributed by atoms with Crippen molar-refractivity contribution in [1.29, 1.82) is 0 Å². The number of halogens is 1. The van der Waals surface area contributed by atoms with Gasteiger partial charge in [0, 0.05) is 55.1 Å². The van der Waals surface area contributed by atoms with E-state index in [9.17, 15) is 4.79 Å². The van der Waals surface area contributed by atoms with Gasteiger partial charge in [0.25, 0.3) is 5.91 Å². The van der Waals surface area contributed by atoms with E-state index >= 15 is 0 Å². The molecule has 6 heteroatoms. The fraction of sp³-hybridized carbons (Fsp3) is 0.474. The number of carbonyl (C=O) groups is 1. The van der Waals surface area contributed by atoms with E-state index in [1.54, 1.807) is 24.3 Å². The lowest BCUT2D eigenvalue weighted by molar-refractivity contribution is 0.0703. The predicted octanol–water partition coefficient (Wildman–Crippen LogP) is 3.12. The summed E-state index contributed by atoms with van der Waals surface area (Å²) in [7, 11) is 4.15. The van der Waals surface area contributed by atoms with Crippen LogP contribution in [0, 0.1) is 0 Å². The minimum Gasteiger partial charge on any atom is -0.338 e. The Kier molecular flexibility index (Phi) is 5.76. The molecule has 1 fully saturated rings. The molecule has 0 bridgehead atoms. The molecule has 0 radical (unpaired) electrons. The van der Waals surface area contributed by atoms with E-state index in [4.69, 9.17) is 11.6 Å². The number of likely N-dealkylation sites (N-methyl/N-ethyl adjacent to an activating group) is 1. The van der Waals surface area contributed by atoms with Crippen molar-refractivity contribution in [3.05, 3.63) is 53.1 Å². The Labute approximate surface area is 154 Å². The van der Waals surface area contributed by atoms with Crippen molar-refractivity contribution in [3.63, 3.8) is 0 Å². The Bertz CT molecular complexity index is 710. The van der Waals surface area contributed by atoms with Crippen LogP contribution in [0.5, 0.6) is 0 Å². The van der Waals surface area contributed by atoms with Gasteiger partial charge >= 0.3 is 0 Å². The Balaban J connectivity index is 1.70. The van der Waals surface area contributed by atoms with Gasteiger partial charge in [-0.1, -0.05) is 11.6 Å². The summed E-state index contributed by atoms with van der Waals surface area (Å²) in [4.78, 5) is 21.5. The average molecular weight is 361 g/mol. The van der Waals surface area contributed by atoms with Gasteiger partial charge in [-0.15, -0.1) is 0 Å². The lowest BCUT2D eigenvalue weighted by Gasteiger charge is -2.33. The summed E-state index contributed by atoms with van der Waals surface area (Å²) in [6.45, 7) is 3.42. The highest BCUT2D eigenvalue weighted by Crippen LogP contribution is 2.27. The second-order valence-electron chi connectivity index (χ2n) is 6.88. The topological polar surface area (TPSA) is 41.4 Å². The summed E-state index contributed by atoms with van der Waals surface area (Å²) in [5, 5.41) is 0.649. The molecule has 1 unspecified atom stereocenters. The molecule has 1 atom stereocenters. The van der Waals surface area contributed by atoms with E-state index in [1.807, 2.05) is 17.3 Å². The molecule has 0 N–H and O–H groups in total. The van der Waals surface area contributed by atoms with E-state index in [2.05, 4.69) is 28.5 Å². The number of benzene rings is 1. The molecule has 0 spiro atoms. The monoisotopic (exact) mass is 360 g/mol. The molecule has 1 aliphatic rings. The highest BCUT2D eigenvalue weighted by Gasteiger charge is 2.28. The molecule has 5 nitrogen and oxygen atoms in total. The standard InChI is InChI=1S/C19H25ClN4O/c1-22(2)12-13-23-11-9-21-18(23)16-4-3-10-24(14-16)19(25)15-5-7-17(20)8-6-15/h5-9,11,16H,3-4,10,12-14H2,1-2H3. The quantitative estimate of drug-likeness (QED) is 0.822. The molecule has 1 aromatic carbocycles.